The zero-order valence-corrected chi connectivity index (χ0v) is 11.2. The molecule has 0 saturated carbocycles. The van der Waals surface area contributed by atoms with Crippen molar-refractivity contribution in [1.82, 2.24) is 9.80 Å². The predicted molar refractivity (Wildman–Crippen MR) is 65.9 cm³/mol. The Morgan fingerprint density at radius 1 is 1.21 bits per heavy atom. The number of aliphatic carboxylic acids is 1. The van der Waals surface area contributed by atoms with Gasteiger partial charge in [-0.2, -0.15) is 0 Å². The minimum absolute atomic E-state index is 0.0305. The first-order valence-electron chi connectivity index (χ1n) is 6.50. The third-order valence-corrected chi connectivity index (χ3v) is 3.35. The topological polar surface area (TPSA) is 79.3 Å². The lowest BCUT2D eigenvalue weighted by molar-refractivity contribution is -0.148. The maximum Gasteiger partial charge on any atom is 0.328 e. The zero-order valence-electron chi connectivity index (χ0n) is 11.2. The van der Waals surface area contributed by atoms with Crippen LogP contribution in [0.15, 0.2) is 0 Å². The van der Waals surface area contributed by atoms with E-state index in [2.05, 4.69) is 0 Å². The summed E-state index contributed by atoms with van der Waals surface area (Å²) in [5.74, 6) is -1.03. The highest BCUT2D eigenvalue weighted by Gasteiger charge is 2.37. The van der Waals surface area contributed by atoms with Crippen molar-refractivity contribution in [3.8, 4) is 0 Å². The van der Waals surface area contributed by atoms with Crippen LogP contribution in [-0.2, 0) is 14.3 Å². The molecule has 2 saturated heterocycles. The van der Waals surface area contributed by atoms with E-state index in [-0.39, 0.29) is 24.8 Å². The quantitative estimate of drug-likeness (QED) is 0.727. The second-order valence-corrected chi connectivity index (χ2v) is 5.07. The van der Waals surface area contributed by atoms with Gasteiger partial charge in [0.15, 0.2) is 6.04 Å². The molecule has 1 N–H and O–H groups in total. The van der Waals surface area contributed by atoms with Crippen molar-refractivity contribution in [2.75, 3.05) is 32.8 Å². The molecule has 0 aromatic heterocycles. The molecule has 0 radical (unpaired) electrons. The molecule has 2 fully saturated rings. The third-order valence-electron chi connectivity index (χ3n) is 3.35. The van der Waals surface area contributed by atoms with Gasteiger partial charge in [-0.1, -0.05) is 0 Å². The SMILES string of the molecule is C[C@@H]1CN(C(=O)N2CCOCC2C(=O)O)C[C@H](C)O1. The molecule has 108 valence electrons. The first-order chi connectivity index (χ1) is 8.99. The molecule has 0 aliphatic carbocycles. The standard InChI is InChI=1S/C12H20N2O5/c1-8-5-13(6-9(2)19-8)12(17)14-3-4-18-7-10(14)11(15)16/h8-10H,3-7H2,1-2H3,(H,15,16)/t8-,9+,10?. The van der Waals surface area contributed by atoms with Crippen molar-refractivity contribution in [1.29, 1.82) is 0 Å². The van der Waals surface area contributed by atoms with Crippen LogP contribution >= 0.6 is 0 Å². The van der Waals surface area contributed by atoms with Gasteiger partial charge in [0.05, 0.1) is 25.4 Å². The number of hydrogen-bond donors (Lipinski definition) is 1. The molecule has 2 aliphatic heterocycles. The number of carboxylic acid groups (broad SMARTS) is 1. The molecule has 3 atom stereocenters. The summed E-state index contributed by atoms with van der Waals surface area (Å²) in [4.78, 5) is 26.7. The minimum atomic E-state index is -1.03. The Morgan fingerprint density at radius 2 is 1.84 bits per heavy atom. The van der Waals surface area contributed by atoms with Gasteiger partial charge in [-0.05, 0) is 13.8 Å². The molecule has 0 aromatic carbocycles. The first-order valence-corrected chi connectivity index (χ1v) is 6.50. The summed E-state index contributed by atoms with van der Waals surface area (Å²) < 4.78 is 10.7. The maximum absolute atomic E-state index is 12.4. The summed E-state index contributed by atoms with van der Waals surface area (Å²) in [7, 11) is 0. The fourth-order valence-electron chi connectivity index (χ4n) is 2.55. The molecular formula is C12H20N2O5. The van der Waals surface area contributed by atoms with Gasteiger partial charge in [0.2, 0.25) is 0 Å². The van der Waals surface area contributed by atoms with Crippen molar-refractivity contribution < 1.29 is 24.2 Å². The van der Waals surface area contributed by atoms with Crippen molar-refractivity contribution in [3.05, 3.63) is 0 Å². The van der Waals surface area contributed by atoms with Gasteiger partial charge < -0.3 is 24.4 Å². The molecule has 2 heterocycles. The summed E-state index contributed by atoms with van der Waals surface area (Å²) in [6, 6.07) is -1.13. The number of carbonyl (C=O) groups excluding carboxylic acids is 1. The van der Waals surface area contributed by atoms with Crippen molar-refractivity contribution >= 4 is 12.0 Å². The maximum atomic E-state index is 12.4. The minimum Gasteiger partial charge on any atom is -0.480 e. The highest BCUT2D eigenvalue weighted by Crippen LogP contribution is 2.16. The highest BCUT2D eigenvalue weighted by atomic mass is 16.5. The van der Waals surface area contributed by atoms with Gasteiger partial charge in [-0.3, -0.25) is 0 Å². The average molecular weight is 272 g/mol. The van der Waals surface area contributed by atoms with E-state index in [1.54, 1.807) is 4.90 Å². The Balaban J connectivity index is 2.06. The number of hydrogen-bond acceptors (Lipinski definition) is 4. The monoisotopic (exact) mass is 272 g/mol. The number of urea groups is 1. The second kappa shape index (κ2) is 5.75. The fourth-order valence-corrected chi connectivity index (χ4v) is 2.55. The molecule has 2 aliphatic rings. The Bertz CT molecular complexity index is 352. The lowest BCUT2D eigenvalue weighted by atomic mass is 10.2. The fraction of sp³-hybridized carbons (Fsp3) is 0.833. The number of nitrogens with zero attached hydrogens (tertiary/aromatic N) is 2. The smallest absolute Gasteiger partial charge is 0.328 e. The summed E-state index contributed by atoms with van der Waals surface area (Å²) in [6.07, 6.45) is -0.0611. The Kier molecular flexibility index (Phi) is 4.26. The lowest BCUT2D eigenvalue weighted by Crippen LogP contribution is -2.59. The molecule has 7 heteroatoms. The van der Waals surface area contributed by atoms with E-state index < -0.39 is 12.0 Å². The zero-order chi connectivity index (χ0) is 14.0. The number of ether oxygens (including phenoxy) is 2. The van der Waals surface area contributed by atoms with Crippen LogP contribution in [0.25, 0.3) is 0 Å². The van der Waals surface area contributed by atoms with E-state index in [1.807, 2.05) is 13.8 Å². The van der Waals surface area contributed by atoms with Crippen LogP contribution in [-0.4, -0.2) is 78.0 Å². The molecule has 0 spiro atoms. The molecule has 0 aromatic rings. The van der Waals surface area contributed by atoms with Crippen LogP contribution < -0.4 is 0 Å². The van der Waals surface area contributed by atoms with Gasteiger partial charge in [-0.15, -0.1) is 0 Å². The number of rotatable bonds is 1. The number of amides is 2. The van der Waals surface area contributed by atoms with Gasteiger partial charge in [0.1, 0.15) is 0 Å². The molecule has 7 nitrogen and oxygen atoms in total. The van der Waals surface area contributed by atoms with Crippen molar-refractivity contribution in [3.63, 3.8) is 0 Å². The van der Waals surface area contributed by atoms with Crippen LogP contribution in [0.5, 0.6) is 0 Å². The van der Waals surface area contributed by atoms with Crippen LogP contribution in [0.4, 0.5) is 4.79 Å². The molecule has 19 heavy (non-hydrogen) atoms. The van der Waals surface area contributed by atoms with E-state index in [0.29, 0.717) is 26.2 Å². The van der Waals surface area contributed by atoms with Crippen LogP contribution in [0.1, 0.15) is 13.8 Å². The Morgan fingerprint density at radius 3 is 2.42 bits per heavy atom. The van der Waals surface area contributed by atoms with E-state index in [0.717, 1.165) is 0 Å². The van der Waals surface area contributed by atoms with Crippen molar-refractivity contribution in [2.45, 2.75) is 32.1 Å². The summed E-state index contributed by atoms with van der Waals surface area (Å²) in [5, 5.41) is 9.14. The molecule has 2 amide bonds. The molecule has 2 rings (SSSR count). The molecule has 0 bridgehead atoms. The highest BCUT2D eigenvalue weighted by molar-refractivity contribution is 5.83. The van der Waals surface area contributed by atoms with Crippen LogP contribution in [0, 0.1) is 0 Å². The van der Waals surface area contributed by atoms with Gasteiger partial charge in [0.25, 0.3) is 0 Å². The number of carbonyl (C=O) groups is 2. The summed E-state index contributed by atoms with van der Waals surface area (Å²) in [6.45, 7) is 5.55. The number of carboxylic acids is 1. The first kappa shape index (κ1) is 14.1. The van der Waals surface area contributed by atoms with E-state index >= 15 is 0 Å². The molecule has 1 unspecified atom stereocenters. The number of morpholine rings is 2. The normalized spacial score (nSPS) is 32.2. The van der Waals surface area contributed by atoms with Crippen molar-refractivity contribution in [2.24, 2.45) is 0 Å². The van der Waals surface area contributed by atoms with E-state index in [1.165, 1.54) is 4.90 Å². The van der Waals surface area contributed by atoms with E-state index in [4.69, 9.17) is 14.6 Å². The lowest BCUT2D eigenvalue weighted by Gasteiger charge is -2.41. The van der Waals surface area contributed by atoms with Gasteiger partial charge >= 0.3 is 12.0 Å². The molecular weight excluding hydrogens is 252 g/mol. The Hall–Kier alpha value is -1.34. The predicted octanol–water partition coefficient (Wildman–Crippen LogP) is 0.00100. The van der Waals surface area contributed by atoms with Crippen LogP contribution in [0.2, 0.25) is 0 Å². The second-order valence-electron chi connectivity index (χ2n) is 5.07. The van der Waals surface area contributed by atoms with Gasteiger partial charge in [-0.25, -0.2) is 9.59 Å². The summed E-state index contributed by atoms with van der Waals surface area (Å²) in [5.41, 5.74) is 0. The largest absolute Gasteiger partial charge is 0.480 e. The third kappa shape index (κ3) is 3.16. The van der Waals surface area contributed by atoms with Crippen LogP contribution in [0.3, 0.4) is 0 Å². The van der Waals surface area contributed by atoms with E-state index in [9.17, 15) is 9.59 Å². The Labute approximate surface area is 112 Å². The van der Waals surface area contributed by atoms with Gasteiger partial charge in [0, 0.05) is 19.6 Å². The summed E-state index contributed by atoms with van der Waals surface area (Å²) >= 11 is 0. The average Bonchev–Trinajstić information content (AvgIpc) is 2.36.